The normalized spacial score (nSPS) is 15.2. The van der Waals surface area contributed by atoms with Gasteiger partial charge in [-0.3, -0.25) is 9.59 Å². The van der Waals surface area contributed by atoms with Gasteiger partial charge in [0.15, 0.2) is 0 Å². The van der Waals surface area contributed by atoms with Crippen molar-refractivity contribution < 1.29 is 9.59 Å². The molecule has 6 heteroatoms. The van der Waals surface area contributed by atoms with E-state index in [2.05, 4.69) is 16.0 Å². The van der Waals surface area contributed by atoms with Gasteiger partial charge in [-0.2, -0.15) is 0 Å². The Morgan fingerprint density at radius 2 is 1.68 bits per heavy atom. The van der Waals surface area contributed by atoms with Crippen LogP contribution < -0.4 is 16.0 Å². The minimum absolute atomic E-state index is 0. The zero-order valence-corrected chi connectivity index (χ0v) is 16.9. The number of hydrogen-bond donors (Lipinski definition) is 3. The molecule has 1 aliphatic heterocycles. The molecule has 0 saturated carbocycles. The van der Waals surface area contributed by atoms with Crippen LogP contribution in [0.25, 0.3) is 0 Å². The predicted molar refractivity (Wildman–Crippen MR) is 114 cm³/mol. The molecule has 2 aromatic carbocycles. The third-order valence-corrected chi connectivity index (χ3v) is 4.91. The monoisotopic (exact) mass is 401 g/mol. The summed E-state index contributed by atoms with van der Waals surface area (Å²) in [5, 5.41) is 9.43. The van der Waals surface area contributed by atoms with Crippen LogP contribution in [-0.2, 0) is 4.79 Å². The summed E-state index contributed by atoms with van der Waals surface area (Å²) >= 11 is 0. The molecule has 1 saturated heterocycles. The van der Waals surface area contributed by atoms with Crippen LogP contribution in [0.3, 0.4) is 0 Å². The number of piperidine rings is 1. The zero-order valence-electron chi connectivity index (χ0n) is 16.1. The Morgan fingerprint density at radius 3 is 2.32 bits per heavy atom. The summed E-state index contributed by atoms with van der Waals surface area (Å²) in [5.74, 6) is -0.196. The Labute approximate surface area is 172 Å². The van der Waals surface area contributed by atoms with Crippen LogP contribution in [0.2, 0.25) is 0 Å². The summed E-state index contributed by atoms with van der Waals surface area (Å²) in [6.07, 6.45) is 2.11. The number of rotatable bonds is 6. The van der Waals surface area contributed by atoms with E-state index in [-0.39, 0.29) is 42.7 Å². The second kappa shape index (κ2) is 10.8. The summed E-state index contributed by atoms with van der Waals surface area (Å²) in [6, 6.07) is 16.9. The number of hydrogen-bond acceptors (Lipinski definition) is 3. The highest BCUT2D eigenvalue weighted by Gasteiger charge is 2.21. The fraction of sp³-hybridized carbons (Fsp3) is 0.364. The van der Waals surface area contributed by atoms with Gasteiger partial charge in [-0.15, -0.1) is 12.4 Å². The maximum atomic E-state index is 12.7. The first-order chi connectivity index (χ1) is 13.1. The summed E-state index contributed by atoms with van der Waals surface area (Å²) in [5.41, 5.74) is 2.63. The van der Waals surface area contributed by atoms with Gasteiger partial charge < -0.3 is 16.0 Å². The Kier molecular flexibility index (Phi) is 8.48. The third kappa shape index (κ3) is 6.36. The average Bonchev–Trinajstić information content (AvgIpc) is 2.69. The van der Waals surface area contributed by atoms with E-state index in [1.807, 2.05) is 61.5 Å². The molecule has 28 heavy (non-hydrogen) atoms. The molecule has 1 fully saturated rings. The second-order valence-corrected chi connectivity index (χ2v) is 7.10. The predicted octanol–water partition coefficient (Wildman–Crippen LogP) is 3.15. The average molecular weight is 402 g/mol. The lowest BCUT2D eigenvalue weighted by Gasteiger charge is -2.25. The van der Waals surface area contributed by atoms with Gasteiger partial charge in [-0.05, 0) is 50.6 Å². The van der Waals surface area contributed by atoms with E-state index in [1.165, 1.54) is 0 Å². The summed E-state index contributed by atoms with van der Waals surface area (Å²) in [7, 11) is 0. The maximum absolute atomic E-state index is 12.7. The number of amides is 2. The van der Waals surface area contributed by atoms with Crippen molar-refractivity contribution >= 4 is 24.2 Å². The molecule has 2 aromatic rings. The van der Waals surface area contributed by atoms with Crippen molar-refractivity contribution in [2.75, 3.05) is 13.1 Å². The largest absolute Gasteiger partial charge is 0.353 e. The quantitative estimate of drug-likeness (QED) is 0.696. The second-order valence-electron chi connectivity index (χ2n) is 7.10. The Balaban J connectivity index is 0.00000280. The SMILES string of the molecule is Cc1ccc(C(=O)NC(CC(=O)NC2CCNCC2)c2ccccc2)cc1.Cl. The highest BCUT2D eigenvalue weighted by molar-refractivity contribution is 5.94. The zero-order chi connectivity index (χ0) is 19.1. The van der Waals surface area contributed by atoms with Crippen molar-refractivity contribution in [2.24, 2.45) is 0 Å². The smallest absolute Gasteiger partial charge is 0.251 e. The van der Waals surface area contributed by atoms with E-state index in [0.29, 0.717) is 5.56 Å². The van der Waals surface area contributed by atoms with Gasteiger partial charge in [-0.1, -0.05) is 48.0 Å². The van der Waals surface area contributed by atoms with Gasteiger partial charge in [0, 0.05) is 11.6 Å². The van der Waals surface area contributed by atoms with E-state index in [4.69, 9.17) is 0 Å². The highest BCUT2D eigenvalue weighted by Crippen LogP contribution is 2.18. The lowest BCUT2D eigenvalue weighted by atomic mass is 10.0. The molecule has 0 aromatic heterocycles. The Morgan fingerprint density at radius 1 is 1.04 bits per heavy atom. The number of aryl methyl sites for hydroxylation is 1. The van der Waals surface area contributed by atoms with Crippen LogP contribution in [0.5, 0.6) is 0 Å². The standard InChI is InChI=1S/C22H27N3O2.ClH/c1-16-7-9-18(10-8-16)22(27)25-20(17-5-3-2-4-6-17)15-21(26)24-19-11-13-23-14-12-19;/h2-10,19-20,23H,11-15H2,1H3,(H,24,26)(H,25,27);1H. The first kappa shape index (κ1) is 21.9. The molecule has 0 spiro atoms. The van der Waals surface area contributed by atoms with Crippen LogP contribution in [0.15, 0.2) is 54.6 Å². The fourth-order valence-corrected chi connectivity index (χ4v) is 3.32. The van der Waals surface area contributed by atoms with Gasteiger partial charge in [0.1, 0.15) is 0 Å². The first-order valence-corrected chi connectivity index (χ1v) is 9.54. The molecule has 1 aliphatic rings. The highest BCUT2D eigenvalue weighted by atomic mass is 35.5. The molecule has 1 unspecified atom stereocenters. The fourth-order valence-electron chi connectivity index (χ4n) is 3.32. The van der Waals surface area contributed by atoms with Crippen LogP contribution in [-0.4, -0.2) is 30.9 Å². The molecule has 5 nitrogen and oxygen atoms in total. The van der Waals surface area contributed by atoms with Crippen molar-refractivity contribution in [3.05, 3.63) is 71.3 Å². The van der Waals surface area contributed by atoms with Crippen LogP contribution in [0, 0.1) is 6.92 Å². The first-order valence-electron chi connectivity index (χ1n) is 9.54. The minimum atomic E-state index is -0.360. The van der Waals surface area contributed by atoms with Gasteiger partial charge in [0.05, 0.1) is 12.5 Å². The number of carbonyl (C=O) groups excluding carboxylic acids is 2. The topological polar surface area (TPSA) is 70.2 Å². The van der Waals surface area contributed by atoms with Gasteiger partial charge >= 0.3 is 0 Å². The van der Waals surface area contributed by atoms with E-state index in [1.54, 1.807) is 0 Å². The van der Waals surface area contributed by atoms with E-state index >= 15 is 0 Å². The maximum Gasteiger partial charge on any atom is 0.251 e. The van der Waals surface area contributed by atoms with Crippen LogP contribution >= 0.6 is 12.4 Å². The summed E-state index contributed by atoms with van der Waals surface area (Å²) in [4.78, 5) is 25.2. The summed E-state index contributed by atoms with van der Waals surface area (Å²) < 4.78 is 0. The van der Waals surface area contributed by atoms with Crippen molar-refractivity contribution in [3.63, 3.8) is 0 Å². The van der Waals surface area contributed by atoms with Crippen molar-refractivity contribution in [1.29, 1.82) is 0 Å². The molecular weight excluding hydrogens is 374 g/mol. The lowest BCUT2D eigenvalue weighted by Crippen LogP contribution is -2.44. The molecule has 0 radical (unpaired) electrons. The molecule has 150 valence electrons. The molecule has 0 aliphatic carbocycles. The van der Waals surface area contributed by atoms with E-state index < -0.39 is 0 Å². The Bertz CT molecular complexity index is 759. The van der Waals surface area contributed by atoms with E-state index in [0.717, 1.165) is 37.1 Å². The molecular formula is C22H28ClN3O2. The number of nitrogens with one attached hydrogen (secondary N) is 3. The number of benzene rings is 2. The number of halogens is 1. The molecule has 1 heterocycles. The van der Waals surface area contributed by atoms with Gasteiger partial charge in [0.2, 0.25) is 5.91 Å². The molecule has 2 amide bonds. The number of carbonyl (C=O) groups is 2. The van der Waals surface area contributed by atoms with Crippen molar-refractivity contribution in [2.45, 2.75) is 38.3 Å². The van der Waals surface area contributed by atoms with Crippen LogP contribution in [0.1, 0.15) is 46.8 Å². The molecule has 3 N–H and O–H groups in total. The molecule has 0 bridgehead atoms. The molecule has 3 rings (SSSR count). The summed E-state index contributed by atoms with van der Waals surface area (Å²) in [6.45, 7) is 3.84. The minimum Gasteiger partial charge on any atom is -0.353 e. The van der Waals surface area contributed by atoms with Gasteiger partial charge in [-0.25, -0.2) is 0 Å². The van der Waals surface area contributed by atoms with Gasteiger partial charge in [0.25, 0.3) is 5.91 Å². The van der Waals surface area contributed by atoms with E-state index in [9.17, 15) is 9.59 Å². The Hall–Kier alpha value is -2.37. The molecule has 1 atom stereocenters. The third-order valence-electron chi connectivity index (χ3n) is 4.91. The van der Waals surface area contributed by atoms with Crippen molar-refractivity contribution in [3.8, 4) is 0 Å². The van der Waals surface area contributed by atoms with Crippen LogP contribution in [0.4, 0.5) is 0 Å². The lowest BCUT2D eigenvalue weighted by molar-refractivity contribution is -0.122. The van der Waals surface area contributed by atoms with Crippen molar-refractivity contribution in [1.82, 2.24) is 16.0 Å².